The van der Waals surface area contributed by atoms with Gasteiger partial charge in [-0.2, -0.15) is 0 Å². The van der Waals surface area contributed by atoms with Gasteiger partial charge in [-0.15, -0.1) is 0 Å². The van der Waals surface area contributed by atoms with E-state index in [1.165, 1.54) is 0 Å². The Balaban J connectivity index is 3.53. The van der Waals surface area contributed by atoms with Crippen LogP contribution in [-0.4, -0.2) is 70.3 Å². The van der Waals surface area contributed by atoms with Gasteiger partial charge in [0.25, 0.3) is 0 Å². The van der Waals surface area contributed by atoms with Crippen LogP contribution in [0.25, 0.3) is 0 Å². The van der Waals surface area contributed by atoms with Gasteiger partial charge in [-0.1, -0.05) is 0 Å². The molecule has 0 fully saturated rings. The summed E-state index contributed by atoms with van der Waals surface area (Å²) in [5, 5.41) is 0. The number of quaternary nitrogens is 1. The highest BCUT2D eigenvalue weighted by molar-refractivity contribution is 5.70. The smallest absolute Gasteiger partial charge is 0.361 e. The molecular formula is C9H21N2O2+. The Bertz CT molecular complexity index is 161. The molecule has 0 atom stereocenters. The maximum atomic E-state index is 11.2. The third-order valence-electron chi connectivity index (χ3n) is 1.40. The van der Waals surface area contributed by atoms with E-state index in [0.717, 1.165) is 6.54 Å². The van der Waals surface area contributed by atoms with Crippen LogP contribution in [0.1, 0.15) is 0 Å². The molecule has 0 aromatic heterocycles. The maximum absolute atomic E-state index is 11.2. The van der Waals surface area contributed by atoms with E-state index in [2.05, 4.69) is 0 Å². The summed E-state index contributed by atoms with van der Waals surface area (Å²) in [6.07, 6.45) is 0. The fourth-order valence-electron chi connectivity index (χ4n) is 0.775. The molecule has 0 aliphatic carbocycles. The second-order valence-electron chi connectivity index (χ2n) is 4.47. The molecule has 0 N–H and O–H groups in total. The van der Waals surface area contributed by atoms with E-state index in [1.807, 2.05) is 40.1 Å². The summed E-state index contributed by atoms with van der Waals surface area (Å²) in [6, 6.07) is 0. The van der Waals surface area contributed by atoms with Gasteiger partial charge in [-0.05, 0) is 14.1 Å². The minimum atomic E-state index is -0.130. The summed E-state index contributed by atoms with van der Waals surface area (Å²) in [6.45, 7) is 1.68. The Morgan fingerprint density at radius 2 is 1.85 bits per heavy atom. The summed E-state index contributed by atoms with van der Waals surface area (Å²) in [4.78, 5) is 13.2. The van der Waals surface area contributed by atoms with Gasteiger partial charge in [-0.25, -0.2) is 4.79 Å². The van der Waals surface area contributed by atoms with Crippen molar-refractivity contribution in [1.29, 1.82) is 0 Å². The van der Waals surface area contributed by atoms with Gasteiger partial charge in [-0.3, -0.25) is 0 Å². The SMILES string of the molecule is CN(C)CCOC(=O)C[N+](C)(C)C. The highest BCUT2D eigenvalue weighted by Crippen LogP contribution is 1.91. The van der Waals surface area contributed by atoms with Crippen LogP contribution in [0.5, 0.6) is 0 Å². The molecular weight excluding hydrogens is 168 g/mol. The zero-order valence-electron chi connectivity index (χ0n) is 9.33. The molecule has 4 nitrogen and oxygen atoms in total. The summed E-state index contributed by atoms with van der Waals surface area (Å²) < 4.78 is 5.64. The molecule has 0 heterocycles. The third-order valence-corrected chi connectivity index (χ3v) is 1.40. The molecule has 0 rings (SSSR count). The van der Waals surface area contributed by atoms with Gasteiger partial charge < -0.3 is 14.1 Å². The molecule has 0 amide bonds. The van der Waals surface area contributed by atoms with Crippen molar-refractivity contribution in [3.63, 3.8) is 0 Å². The average molecular weight is 189 g/mol. The van der Waals surface area contributed by atoms with Crippen molar-refractivity contribution >= 4 is 5.97 Å². The number of rotatable bonds is 5. The second-order valence-corrected chi connectivity index (χ2v) is 4.47. The molecule has 4 heteroatoms. The Hall–Kier alpha value is -0.610. The number of ether oxygens (including phenoxy) is 1. The Kier molecular flexibility index (Phi) is 4.95. The van der Waals surface area contributed by atoms with Crippen molar-refractivity contribution in [2.24, 2.45) is 0 Å². The van der Waals surface area contributed by atoms with Crippen molar-refractivity contribution in [2.75, 3.05) is 54.9 Å². The lowest BCUT2D eigenvalue weighted by molar-refractivity contribution is -0.862. The van der Waals surface area contributed by atoms with Crippen LogP contribution in [0.2, 0.25) is 0 Å². The first kappa shape index (κ1) is 12.4. The minimum absolute atomic E-state index is 0.130. The van der Waals surface area contributed by atoms with Gasteiger partial charge >= 0.3 is 5.97 Å². The van der Waals surface area contributed by atoms with E-state index in [9.17, 15) is 4.79 Å². The van der Waals surface area contributed by atoms with Crippen LogP contribution in [0.4, 0.5) is 0 Å². The molecule has 0 aromatic carbocycles. The summed E-state index contributed by atoms with van der Waals surface area (Å²) in [5.41, 5.74) is 0. The van der Waals surface area contributed by atoms with Gasteiger partial charge in [0.05, 0.1) is 21.1 Å². The first-order valence-corrected chi connectivity index (χ1v) is 4.42. The predicted octanol–water partition coefficient (Wildman–Crippen LogP) is -0.203. The van der Waals surface area contributed by atoms with Crippen LogP contribution in [0.15, 0.2) is 0 Å². The van der Waals surface area contributed by atoms with Crippen LogP contribution in [0.3, 0.4) is 0 Å². The molecule has 0 saturated heterocycles. The number of hydrogen-bond donors (Lipinski definition) is 0. The van der Waals surface area contributed by atoms with Gasteiger partial charge in [0.2, 0.25) is 0 Å². The molecule has 0 bridgehead atoms. The monoisotopic (exact) mass is 189 g/mol. The van der Waals surface area contributed by atoms with Crippen molar-refractivity contribution in [1.82, 2.24) is 4.90 Å². The van der Waals surface area contributed by atoms with E-state index in [0.29, 0.717) is 17.6 Å². The first-order valence-electron chi connectivity index (χ1n) is 4.42. The van der Waals surface area contributed by atoms with Crippen LogP contribution in [-0.2, 0) is 9.53 Å². The van der Waals surface area contributed by atoms with Crippen molar-refractivity contribution in [2.45, 2.75) is 0 Å². The quantitative estimate of drug-likeness (QED) is 0.443. The molecule has 0 aromatic rings. The van der Waals surface area contributed by atoms with Gasteiger partial charge in [0.15, 0.2) is 6.54 Å². The fraction of sp³-hybridized carbons (Fsp3) is 0.889. The van der Waals surface area contributed by atoms with Crippen LogP contribution in [0, 0.1) is 0 Å². The highest BCUT2D eigenvalue weighted by atomic mass is 16.5. The standard InChI is InChI=1S/C9H21N2O2/c1-10(2)6-7-13-9(12)8-11(3,4)5/h6-8H2,1-5H3/q+1. The van der Waals surface area contributed by atoms with Crippen molar-refractivity contribution < 1.29 is 14.0 Å². The van der Waals surface area contributed by atoms with Crippen LogP contribution >= 0.6 is 0 Å². The topological polar surface area (TPSA) is 29.5 Å². The highest BCUT2D eigenvalue weighted by Gasteiger charge is 2.14. The fourth-order valence-corrected chi connectivity index (χ4v) is 0.775. The summed E-state index contributed by atoms with van der Waals surface area (Å²) in [7, 11) is 9.80. The molecule has 0 saturated carbocycles. The largest absolute Gasteiger partial charge is 0.460 e. The zero-order chi connectivity index (χ0) is 10.5. The maximum Gasteiger partial charge on any atom is 0.361 e. The molecule has 0 aliphatic rings. The van der Waals surface area contributed by atoms with Gasteiger partial charge in [0.1, 0.15) is 6.61 Å². The molecule has 0 radical (unpaired) electrons. The molecule has 0 spiro atoms. The summed E-state index contributed by atoms with van der Waals surface area (Å²) in [5.74, 6) is -0.130. The number of hydrogen-bond acceptors (Lipinski definition) is 3. The normalized spacial score (nSPS) is 11.8. The lowest BCUT2D eigenvalue weighted by atomic mass is 10.5. The van der Waals surface area contributed by atoms with E-state index in [1.54, 1.807) is 0 Å². The lowest BCUT2D eigenvalue weighted by Gasteiger charge is -2.22. The zero-order valence-corrected chi connectivity index (χ0v) is 9.33. The van der Waals surface area contributed by atoms with Crippen molar-refractivity contribution in [3.8, 4) is 0 Å². The average Bonchev–Trinajstić information content (AvgIpc) is 1.81. The third kappa shape index (κ3) is 9.30. The van der Waals surface area contributed by atoms with Crippen molar-refractivity contribution in [3.05, 3.63) is 0 Å². The molecule has 0 unspecified atom stereocenters. The number of likely N-dealkylation sites (N-methyl/N-ethyl adjacent to an activating group) is 2. The number of carbonyl (C=O) groups is 1. The number of esters is 1. The Morgan fingerprint density at radius 3 is 2.23 bits per heavy atom. The number of nitrogens with zero attached hydrogens (tertiary/aromatic N) is 2. The van der Waals surface area contributed by atoms with E-state index >= 15 is 0 Å². The predicted molar refractivity (Wildman–Crippen MR) is 52.4 cm³/mol. The Morgan fingerprint density at radius 1 is 1.31 bits per heavy atom. The van der Waals surface area contributed by atoms with Gasteiger partial charge in [0, 0.05) is 6.54 Å². The second kappa shape index (κ2) is 5.19. The molecule has 13 heavy (non-hydrogen) atoms. The minimum Gasteiger partial charge on any atom is -0.460 e. The van der Waals surface area contributed by atoms with E-state index in [4.69, 9.17) is 4.74 Å². The lowest BCUT2D eigenvalue weighted by Crippen LogP contribution is -2.40. The summed E-state index contributed by atoms with van der Waals surface area (Å²) >= 11 is 0. The first-order chi connectivity index (χ1) is 5.81. The van der Waals surface area contributed by atoms with E-state index in [-0.39, 0.29) is 5.97 Å². The van der Waals surface area contributed by atoms with Crippen LogP contribution < -0.4 is 0 Å². The molecule has 78 valence electrons. The molecule has 0 aliphatic heterocycles. The number of carbonyl (C=O) groups excluding carboxylic acids is 1. The Labute approximate surface area is 80.7 Å². The van der Waals surface area contributed by atoms with E-state index < -0.39 is 0 Å².